The van der Waals surface area contributed by atoms with E-state index in [9.17, 15) is 24.3 Å². The molecule has 0 aromatic heterocycles. The third kappa shape index (κ3) is 9.88. The Bertz CT molecular complexity index is 1630. The Morgan fingerprint density at radius 1 is 1.26 bits per heavy atom. The number of hydrogen-bond acceptors (Lipinski definition) is 11. The van der Waals surface area contributed by atoms with Crippen LogP contribution < -0.4 is 15.0 Å². The lowest BCUT2D eigenvalue weighted by atomic mass is 9.83. The predicted molar refractivity (Wildman–Crippen MR) is 203 cm³/mol. The Hall–Kier alpha value is -3.30. The zero-order chi connectivity index (χ0) is 39.6. The molecule has 2 saturated heterocycles. The van der Waals surface area contributed by atoms with E-state index < -0.39 is 65.7 Å². The van der Waals surface area contributed by atoms with E-state index in [1.165, 1.54) is 31.1 Å². The van der Waals surface area contributed by atoms with Crippen LogP contribution in [0.5, 0.6) is 5.75 Å². The molecular formula is C38H54ClN3O10S. The molecule has 53 heavy (non-hydrogen) atoms. The zero-order valence-electron chi connectivity index (χ0n) is 32.2. The van der Waals surface area contributed by atoms with Crippen molar-refractivity contribution in [3.8, 4) is 5.75 Å². The van der Waals surface area contributed by atoms with Crippen molar-refractivity contribution in [3.05, 3.63) is 46.5 Å². The Balaban J connectivity index is 1.74. The Labute approximate surface area is 322 Å². The van der Waals surface area contributed by atoms with Crippen LogP contribution in [0.1, 0.15) is 72.8 Å². The summed E-state index contributed by atoms with van der Waals surface area (Å²) in [6.07, 6.45) is 1.61. The number of aliphatic hydroxyl groups is 1. The van der Waals surface area contributed by atoms with Gasteiger partial charge in [-0.1, -0.05) is 56.2 Å². The summed E-state index contributed by atoms with van der Waals surface area (Å²) in [7, 11) is 6.02. The van der Waals surface area contributed by atoms with E-state index in [1.807, 2.05) is 26.8 Å². The molecule has 4 bridgehead atoms. The van der Waals surface area contributed by atoms with E-state index in [0.717, 1.165) is 11.1 Å². The second-order valence-corrected chi connectivity index (χ2v) is 16.8. The second kappa shape index (κ2) is 16.6. The normalized spacial score (nSPS) is 31.5. The molecule has 2 fully saturated rings. The molecule has 8 atom stereocenters. The number of allylic oxidation sites excluding steroid dienone is 3. The third-order valence-corrected chi connectivity index (χ3v) is 11.1. The van der Waals surface area contributed by atoms with Crippen molar-refractivity contribution in [2.45, 2.75) is 120 Å². The highest BCUT2D eigenvalue weighted by molar-refractivity contribution is 7.81. The summed E-state index contributed by atoms with van der Waals surface area (Å²) >= 11 is 11.3. The molecule has 4 rings (SSSR count). The predicted octanol–water partition coefficient (Wildman–Crippen LogP) is 5.00. The SMILES string of the molecule is COc1cc2cc(c1Cl)N(C)C(=O)C[C@H](OC(=O)[C@H](C)N(C)C(=O)CCC(C)(C)S)C1(C)O[C@H]1[C@H](C)[C@@H]1C[C@@](O)(NC(=O)O1)[C@H](OC)/C=C/C=C(\C)C2. The summed E-state index contributed by atoms with van der Waals surface area (Å²) < 4.78 is 28.8. The highest BCUT2D eigenvalue weighted by atomic mass is 35.5. The van der Waals surface area contributed by atoms with Gasteiger partial charge in [0.25, 0.3) is 0 Å². The summed E-state index contributed by atoms with van der Waals surface area (Å²) in [6, 6.07) is 2.60. The number of carbonyl (C=O) groups is 4. The summed E-state index contributed by atoms with van der Waals surface area (Å²) in [4.78, 5) is 56.5. The van der Waals surface area contributed by atoms with Gasteiger partial charge in [-0.25, -0.2) is 9.59 Å². The van der Waals surface area contributed by atoms with Gasteiger partial charge in [-0.15, -0.1) is 0 Å². The maximum Gasteiger partial charge on any atom is 0.409 e. The molecule has 2 N–H and O–H groups in total. The van der Waals surface area contributed by atoms with E-state index in [0.29, 0.717) is 24.3 Å². The molecule has 15 heteroatoms. The molecule has 13 nitrogen and oxygen atoms in total. The lowest BCUT2D eigenvalue weighted by Gasteiger charge is -2.42. The zero-order valence-corrected chi connectivity index (χ0v) is 33.9. The number of likely N-dealkylation sites (N-methyl/N-ethyl adjacent to an activating group) is 1. The van der Waals surface area contributed by atoms with Gasteiger partial charge in [-0.3, -0.25) is 14.9 Å². The summed E-state index contributed by atoms with van der Waals surface area (Å²) in [6.45, 7) is 10.8. The van der Waals surface area contributed by atoms with Crippen LogP contribution in [0.25, 0.3) is 0 Å². The molecule has 3 heterocycles. The van der Waals surface area contributed by atoms with Crippen molar-refractivity contribution >= 4 is 53.8 Å². The summed E-state index contributed by atoms with van der Waals surface area (Å²) in [5.74, 6) is -1.58. The number of rotatable bonds is 8. The smallest absolute Gasteiger partial charge is 0.409 e. The number of nitrogens with zero attached hydrogens (tertiary/aromatic N) is 2. The minimum Gasteiger partial charge on any atom is -0.495 e. The first-order valence-electron chi connectivity index (χ1n) is 17.7. The number of benzene rings is 1. The van der Waals surface area contributed by atoms with Gasteiger partial charge in [0.05, 0.1) is 25.3 Å². The molecule has 3 amide bonds. The van der Waals surface area contributed by atoms with E-state index in [4.69, 9.17) is 35.3 Å². The van der Waals surface area contributed by atoms with Gasteiger partial charge in [0.1, 0.15) is 40.7 Å². The van der Waals surface area contributed by atoms with Crippen molar-refractivity contribution in [1.82, 2.24) is 10.2 Å². The summed E-state index contributed by atoms with van der Waals surface area (Å²) in [5, 5.41) is 14.5. The molecule has 0 aliphatic carbocycles. The fourth-order valence-electron chi connectivity index (χ4n) is 6.81. The number of amides is 3. The molecule has 1 aromatic rings. The van der Waals surface area contributed by atoms with Gasteiger partial charge in [0.15, 0.2) is 5.72 Å². The maximum atomic E-state index is 14.1. The first-order chi connectivity index (χ1) is 24.6. The average Bonchev–Trinajstić information content (AvgIpc) is 3.78. The first kappa shape index (κ1) is 42.4. The number of epoxide rings is 1. The van der Waals surface area contributed by atoms with E-state index in [2.05, 4.69) is 17.9 Å². The lowest BCUT2D eigenvalue weighted by molar-refractivity contribution is -0.162. The number of hydrogen-bond donors (Lipinski definition) is 3. The fourth-order valence-corrected chi connectivity index (χ4v) is 7.23. The third-order valence-electron chi connectivity index (χ3n) is 10.5. The molecule has 0 radical (unpaired) electrons. The number of methoxy groups -OCH3 is 2. The van der Waals surface area contributed by atoms with Crippen molar-refractivity contribution in [2.75, 3.05) is 33.2 Å². The standard InChI is InChI=1S/C38H54ClN3O10S/c1-21-12-11-13-28(49-10)38(47)20-27(50-35(46)40-38)22(2)33-37(6,52-33)29(51-34(45)23(3)41(7)30(43)14-15-36(4,5)53)19-31(44)42(8)25-17-24(16-21)18-26(48-9)32(25)39/h11-13,17-18,22-23,27-29,33,47,53H,14-16,19-20H2,1-10H3,(H,40,46)/b13-11+,21-12+/t22-,23+,27+,28-,29+,33+,37?,38+/m1/s1. The van der Waals surface area contributed by atoms with Crippen molar-refractivity contribution in [3.63, 3.8) is 0 Å². The lowest BCUT2D eigenvalue weighted by Crippen LogP contribution is -2.63. The molecule has 1 unspecified atom stereocenters. The van der Waals surface area contributed by atoms with Crippen LogP contribution in [0.15, 0.2) is 35.9 Å². The quantitative estimate of drug-likeness (QED) is 0.187. The van der Waals surface area contributed by atoms with Crippen molar-refractivity contribution in [2.24, 2.45) is 5.92 Å². The second-order valence-electron chi connectivity index (χ2n) is 15.2. The van der Waals surface area contributed by atoms with Gasteiger partial charge >= 0.3 is 12.1 Å². The molecule has 0 saturated carbocycles. The van der Waals surface area contributed by atoms with E-state index in [1.54, 1.807) is 52.1 Å². The Morgan fingerprint density at radius 3 is 2.57 bits per heavy atom. The number of anilines is 1. The number of esters is 1. The van der Waals surface area contributed by atoms with Crippen LogP contribution in [0.2, 0.25) is 5.02 Å². The van der Waals surface area contributed by atoms with Crippen LogP contribution in [0, 0.1) is 5.92 Å². The molecule has 0 spiro atoms. The fraction of sp³-hybridized carbons (Fsp3) is 0.632. The largest absolute Gasteiger partial charge is 0.495 e. The highest BCUT2D eigenvalue weighted by Gasteiger charge is 2.64. The number of fused-ring (bicyclic) bond motifs is 5. The van der Waals surface area contributed by atoms with Crippen LogP contribution >= 0.6 is 24.2 Å². The number of alkyl carbamates (subject to hydrolysis) is 1. The molecule has 294 valence electrons. The van der Waals surface area contributed by atoms with Gasteiger partial charge in [0, 0.05) is 44.7 Å². The van der Waals surface area contributed by atoms with Crippen molar-refractivity contribution in [1.29, 1.82) is 0 Å². The topological polar surface area (TPSA) is 156 Å². The Kier molecular flexibility index (Phi) is 13.3. The minimum absolute atomic E-state index is 0.0509. The minimum atomic E-state index is -1.83. The maximum absolute atomic E-state index is 14.1. The number of carbonyl (C=O) groups excluding carboxylic acids is 4. The van der Waals surface area contributed by atoms with Gasteiger partial charge in [-0.05, 0) is 51.3 Å². The molecule has 3 aliphatic rings. The average molecular weight is 780 g/mol. The molecule has 1 aromatic carbocycles. The number of nitrogens with one attached hydrogen (secondary N) is 1. The van der Waals surface area contributed by atoms with Gasteiger partial charge in [0.2, 0.25) is 11.8 Å². The monoisotopic (exact) mass is 779 g/mol. The van der Waals surface area contributed by atoms with Crippen molar-refractivity contribution < 1.29 is 48.0 Å². The molecular weight excluding hydrogens is 726 g/mol. The van der Waals surface area contributed by atoms with E-state index >= 15 is 0 Å². The van der Waals surface area contributed by atoms with Crippen LogP contribution in [-0.2, 0) is 39.8 Å². The van der Waals surface area contributed by atoms with E-state index in [-0.39, 0.29) is 34.9 Å². The molecule has 3 aliphatic heterocycles. The summed E-state index contributed by atoms with van der Waals surface area (Å²) in [5.41, 5.74) is -0.916. The first-order valence-corrected chi connectivity index (χ1v) is 18.5. The van der Waals surface area contributed by atoms with Crippen LogP contribution in [0.4, 0.5) is 10.5 Å². The Morgan fingerprint density at radius 2 is 1.94 bits per heavy atom. The number of thiol groups is 1. The highest BCUT2D eigenvalue weighted by Crippen LogP contribution is 2.49. The van der Waals surface area contributed by atoms with Crippen LogP contribution in [0.3, 0.4) is 0 Å². The number of halogens is 1. The van der Waals surface area contributed by atoms with Crippen LogP contribution in [-0.4, -0.2) is 109 Å². The van der Waals surface area contributed by atoms with Gasteiger partial charge in [-0.2, -0.15) is 12.6 Å². The number of ether oxygens (including phenoxy) is 5. The van der Waals surface area contributed by atoms with Gasteiger partial charge < -0.3 is 38.6 Å².